The maximum Gasteiger partial charge on any atom is 0.268 e. The Hall–Kier alpha value is -1.32. The number of hydrogen-bond acceptors (Lipinski definition) is 7. The van der Waals surface area contributed by atoms with Crippen LogP contribution >= 0.6 is 7.82 Å². The highest BCUT2D eigenvalue weighted by atomic mass is 31.2. The Labute approximate surface area is 339 Å². The molecule has 10 heteroatoms. The van der Waals surface area contributed by atoms with E-state index in [9.17, 15) is 24.5 Å². The molecule has 0 spiro atoms. The van der Waals surface area contributed by atoms with E-state index in [1.165, 1.54) is 83.5 Å². The second kappa shape index (κ2) is 37.0. The van der Waals surface area contributed by atoms with E-state index in [1.54, 1.807) is 0 Å². The molecule has 0 saturated heterocycles. The van der Waals surface area contributed by atoms with E-state index < -0.39 is 32.7 Å². The van der Waals surface area contributed by atoms with Crippen molar-refractivity contribution in [1.82, 2.24) is 5.32 Å². The van der Waals surface area contributed by atoms with Gasteiger partial charge in [0.2, 0.25) is 5.91 Å². The molecule has 0 saturated carbocycles. The van der Waals surface area contributed by atoms with Crippen LogP contribution in [0.25, 0.3) is 0 Å². The van der Waals surface area contributed by atoms with Crippen molar-refractivity contribution < 1.29 is 38.0 Å². The first kappa shape index (κ1) is 53.7. The Kier molecular flexibility index (Phi) is 36.1. The summed E-state index contributed by atoms with van der Waals surface area (Å²) >= 11 is 0. The molecule has 0 aliphatic heterocycles. The largest absolute Gasteiger partial charge is 0.756 e. The van der Waals surface area contributed by atoms with Gasteiger partial charge in [-0.25, -0.2) is 0 Å². The van der Waals surface area contributed by atoms with Gasteiger partial charge in [-0.15, -0.1) is 0 Å². The standard InChI is InChI=1S/C45H87N2O7P/c1-6-8-10-12-14-16-18-20-21-22-23-24-25-26-28-30-32-34-36-38-44(49)46-42(41-54-55(51,52)53-40-39-47(3,4)5)45(50)43(48)37-35-33-31-29-27-19-17-15-13-11-9-7-2/h14,16,20-21,23-24,42-43,45,48,50H,6-13,15,17-19,22,25-41H2,1-5H3,(H-,46,49,51,52)/b16-14-,21-20-,24-23-. The molecule has 0 rings (SSSR count). The number of rotatable bonds is 40. The van der Waals surface area contributed by atoms with E-state index in [-0.39, 0.29) is 18.9 Å². The number of hydrogen-bond donors (Lipinski definition) is 3. The molecular formula is C45H87N2O7P. The number of unbranched alkanes of at least 4 members (excludes halogenated alkanes) is 20. The number of likely N-dealkylation sites (N-methyl/N-ethyl adjacent to an activating group) is 1. The van der Waals surface area contributed by atoms with Crippen LogP contribution in [-0.2, 0) is 18.4 Å². The number of nitrogens with one attached hydrogen (secondary N) is 1. The normalized spacial score (nSPS) is 15.3. The Morgan fingerprint density at radius 1 is 0.655 bits per heavy atom. The lowest BCUT2D eigenvalue weighted by atomic mass is 9.99. The van der Waals surface area contributed by atoms with Crippen molar-refractivity contribution in [3.8, 4) is 0 Å². The van der Waals surface area contributed by atoms with Gasteiger partial charge in [-0.3, -0.25) is 9.36 Å². The highest BCUT2D eigenvalue weighted by Gasteiger charge is 2.29. The van der Waals surface area contributed by atoms with Gasteiger partial charge in [0, 0.05) is 6.42 Å². The maximum atomic E-state index is 12.9. The molecule has 0 aromatic carbocycles. The zero-order valence-corrected chi connectivity index (χ0v) is 37.1. The lowest BCUT2D eigenvalue weighted by Gasteiger charge is -2.31. The Morgan fingerprint density at radius 2 is 1.09 bits per heavy atom. The molecule has 3 N–H and O–H groups in total. The summed E-state index contributed by atoms with van der Waals surface area (Å²) in [7, 11) is 1.11. The number of amides is 1. The van der Waals surface area contributed by atoms with Crippen LogP contribution in [-0.4, -0.2) is 79.8 Å². The Balaban J connectivity index is 4.51. The van der Waals surface area contributed by atoms with Gasteiger partial charge in [0.15, 0.2) is 0 Å². The first-order valence-electron chi connectivity index (χ1n) is 22.4. The fraction of sp³-hybridized carbons (Fsp3) is 0.844. The number of quaternary nitrogens is 1. The number of nitrogens with zero attached hydrogens (tertiary/aromatic N) is 1. The molecule has 4 atom stereocenters. The zero-order valence-electron chi connectivity index (χ0n) is 36.2. The lowest BCUT2D eigenvalue weighted by Crippen LogP contribution is -2.51. The lowest BCUT2D eigenvalue weighted by molar-refractivity contribution is -0.870. The van der Waals surface area contributed by atoms with E-state index in [0.717, 1.165) is 70.6 Å². The third-order valence-corrected chi connectivity index (χ3v) is 10.9. The summed E-state index contributed by atoms with van der Waals surface area (Å²) in [4.78, 5) is 25.4. The first-order valence-corrected chi connectivity index (χ1v) is 23.9. The third-order valence-electron chi connectivity index (χ3n) is 9.97. The first-order chi connectivity index (χ1) is 26.4. The summed E-state index contributed by atoms with van der Waals surface area (Å²) in [6.07, 6.45) is 40.3. The second-order valence-electron chi connectivity index (χ2n) is 16.5. The third kappa shape index (κ3) is 38.0. The molecular weight excluding hydrogens is 711 g/mol. The number of phosphoric ester groups is 1. The number of carbonyl (C=O) groups is 1. The number of aliphatic hydroxyl groups excluding tert-OH is 2. The molecule has 0 aromatic rings. The minimum Gasteiger partial charge on any atom is -0.756 e. The SMILES string of the molecule is CCCCC/C=C\C/C=C\C/C=C\CCCCCCCCC(=O)NC(COP(=O)([O-])OCC[N+](C)(C)C)C(O)C(O)CCCCCCCCCCCCCC. The molecule has 0 aromatic heterocycles. The molecule has 4 unspecified atom stereocenters. The molecule has 0 radical (unpaired) electrons. The van der Waals surface area contributed by atoms with Crippen LogP contribution in [0.2, 0.25) is 0 Å². The molecule has 0 bridgehead atoms. The van der Waals surface area contributed by atoms with E-state index >= 15 is 0 Å². The van der Waals surface area contributed by atoms with Crippen LogP contribution in [0.4, 0.5) is 0 Å². The average Bonchev–Trinajstić information content (AvgIpc) is 3.13. The topological polar surface area (TPSA) is 128 Å². The highest BCUT2D eigenvalue weighted by molar-refractivity contribution is 7.45. The van der Waals surface area contributed by atoms with Crippen LogP contribution in [0.3, 0.4) is 0 Å². The predicted octanol–water partition coefficient (Wildman–Crippen LogP) is 10.6. The zero-order chi connectivity index (χ0) is 40.9. The number of aliphatic hydroxyl groups is 2. The maximum absolute atomic E-state index is 12.9. The number of allylic oxidation sites excluding steroid dienone is 6. The molecule has 0 fully saturated rings. The highest BCUT2D eigenvalue weighted by Crippen LogP contribution is 2.38. The van der Waals surface area contributed by atoms with Crippen molar-refractivity contribution in [2.24, 2.45) is 0 Å². The van der Waals surface area contributed by atoms with Crippen molar-refractivity contribution in [2.45, 2.75) is 205 Å². The van der Waals surface area contributed by atoms with Gasteiger partial charge in [0.05, 0.1) is 39.9 Å². The summed E-state index contributed by atoms with van der Waals surface area (Å²) in [6, 6.07) is -1.08. The molecule has 324 valence electrons. The molecule has 55 heavy (non-hydrogen) atoms. The van der Waals surface area contributed by atoms with Crippen molar-refractivity contribution in [3.05, 3.63) is 36.5 Å². The quantitative estimate of drug-likeness (QED) is 0.0244. The summed E-state index contributed by atoms with van der Waals surface area (Å²) in [5.74, 6) is -0.293. The van der Waals surface area contributed by atoms with Crippen LogP contribution in [0.15, 0.2) is 36.5 Å². The summed E-state index contributed by atoms with van der Waals surface area (Å²) in [6.45, 7) is 4.38. The summed E-state index contributed by atoms with van der Waals surface area (Å²) in [5.41, 5.74) is 0. The van der Waals surface area contributed by atoms with Gasteiger partial charge in [0.25, 0.3) is 7.82 Å². The van der Waals surface area contributed by atoms with E-state index in [2.05, 4.69) is 55.6 Å². The fourth-order valence-electron chi connectivity index (χ4n) is 6.32. The monoisotopic (exact) mass is 799 g/mol. The van der Waals surface area contributed by atoms with E-state index in [4.69, 9.17) is 9.05 Å². The van der Waals surface area contributed by atoms with E-state index in [0.29, 0.717) is 23.9 Å². The van der Waals surface area contributed by atoms with Crippen molar-refractivity contribution in [1.29, 1.82) is 0 Å². The average molecular weight is 799 g/mol. The van der Waals surface area contributed by atoms with Gasteiger partial charge in [-0.05, 0) is 51.4 Å². The van der Waals surface area contributed by atoms with Gasteiger partial charge >= 0.3 is 0 Å². The van der Waals surface area contributed by atoms with Crippen LogP contribution in [0.5, 0.6) is 0 Å². The molecule has 0 heterocycles. The van der Waals surface area contributed by atoms with Crippen LogP contribution in [0.1, 0.15) is 187 Å². The predicted molar refractivity (Wildman–Crippen MR) is 230 cm³/mol. The molecule has 0 aliphatic rings. The summed E-state index contributed by atoms with van der Waals surface area (Å²) in [5, 5.41) is 24.6. The van der Waals surface area contributed by atoms with Gasteiger partial charge in [0.1, 0.15) is 19.3 Å². The summed E-state index contributed by atoms with van der Waals surface area (Å²) < 4.78 is 23.1. The van der Waals surface area contributed by atoms with Gasteiger partial charge in [-0.2, -0.15) is 0 Å². The van der Waals surface area contributed by atoms with Crippen molar-refractivity contribution in [2.75, 3.05) is 40.9 Å². The molecule has 0 aliphatic carbocycles. The van der Waals surface area contributed by atoms with Crippen molar-refractivity contribution in [3.63, 3.8) is 0 Å². The van der Waals surface area contributed by atoms with Crippen LogP contribution < -0.4 is 10.2 Å². The second-order valence-corrected chi connectivity index (χ2v) is 18.0. The smallest absolute Gasteiger partial charge is 0.268 e. The minimum atomic E-state index is -4.67. The van der Waals surface area contributed by atoms with Crippen LogP contribution in [0, 0.1) is 0 Å². The minimum absolute atomic E-state index is 0.0443. The molecule has 1 amide bonds. The Morgan fingerprint density at radius 3 is 1.62 bits per heavy atom. The van der Waals surface area contributed by atoms with Crippen molar-refractivity contribution >= 4 is 13.7 Å². The number of carbonyl (C=O) groups excluding carboxylic acids is 1. The van der Waals surface area contributed by atoms with Gasteiger partial charge in [-0.1, -0.05) is 166 Å². The van der Waals surface area contributed by atoms with Gasteiger partial charge < -0.3 is 34.0 Å². The van der Waals surface area contributed by atoms with E-state index in [1.807, 2.05) is 21.1 Å². The number of phosphoric acid groups is 1. The molecule has 9 nitrogen and oxygen atoms in total. The Bertz CT molecular complexity index is 1010. The fourth-order valence-corrected chi connectivity index (χ4v) is 7.04.